The fourth-order valence-electron chi connectivity index (χ4n) is 2.29. The van der Waals surface area contributed by atoms with Gasteiger partial charge >= 0.3 is 11.7 Å². The standard InChI is InChI=1S/C14H22N2O4/c1-5-20-8-9(2)16-11(4)12(6-7-13(17)18)10(3)15-14(16)19/h9H,5-8H2,1-4H3,(H,17,18). The molecule has 0 spiro atoms. The summed E-state index contributed by atoms with van der Waals surface area (Å²) in [5.41, 5.74) is 1.89. The highest BCUT2D eigenvalue weighted by Gasteiger charge is 2.16. The molecule has 0 saturated carbocycles. The Labute approximate surface area is 118 Å². The van der Waals surface area contributed by atoms with Gasteiger partial charge < -0.3 is 9.84 Å². The lowest BCUT2D eigenvalue weighted by atomic mass is 10.1. The fraction of sp³-hybridized carbons (Fsp3) is 0.643. The van der Waals surface area contributed by atoms with Gasteiger partial charge in [0.25, 0.3) is 0 Å². The smallest absolute Gasteiger partial charge is 0.348 e. The Hall–Kier alpha value is -1.69. The Kier molecular flexibility index (Phi) is 5.88. The molecule has 0 saturated heterocycles. The van der Waals surface area contributed by atoms with Crippen LogP contribution in [0.15, 0.2) is 4.79 Å². The Morgan fingerprint density at radius 1 is 1.45 bits per heavy atom. The molecule has 0 aromatic carbocycles. The lowest BCUT2D eigenvalue weighted by molar-refractivity contribution is -0.136. The lowest BCUT2D eigenvalue weighted by Crippen LogP contribution is -2.32. The second-order valence-electron chi connectivity index (χ2n) is 4.82. The first-order chi connectivity index (χ1) is 9.38. The number of carboxylic acids is 1. The zero-order valence-corrected chi connectivity index (χ0v) is 12.5. The number of nitrogens with zero attached hydrogens (tertiary/aromatic N) is 2. The van der Waals surface area contributed by atoms with Gasteiger partial charge in [0.1, 0.15) is 0 Å². The van der Waals surface area contributed by atoms with E-state index in [1.165, 1.54) is 0 Å². The van der Waals surface area contributed by atoms with E-state index in [0.717, 1.165) is 11.3 Å². The van der Waals surface area contributed by atoms with Gasteiger partial charge in [-0.15, -0.1) is 0 Å². The highest BCUT2D eigenvalue weighted by atomic mass is 16.5. The SMILES string of the molecule is CCOCC(C)n1c(C)c(CCC(=O)O)c(C)nc1=O. The van der Waals surface area contributed by atoms with Gasteiger partial charge in [-0.2, -0.15) is 4.98 Å². The van der Waals surface area contributed by atoms with Crippen LogP contribution in [0.3, 0.4) is 0 Å². The number of rotatable bonds is 7. The van der Waals surface area contributed by atoms with E-state index < -0.39 is 5.97 Å². The first-order valence-corrected chi connectivity index (χ1v) is 6.76. The molecular formula is C14H22N2O4. The third kappa shape index (κ3) is 3.90. The molecule has 112 valence electrons. The monoisotopic (exact) mass is 282 g/mol. The van der Waals surface area contributed by atoms with E-state index in [2.05, 4.69) is 4.98 Å². The van der Waals surface area contributed by atoms with Gasteiger partial charge in [-0.3, -0.25) is 9.36 Å². The first kappa shape index (κ1) is 16.4. The Balaban J connectivity index is 3.14. The van der Waals surface area contributed by atoms with Gasteiger partial charge in [-0.25, -0.2) is 4.79 Å². The number of carboxylic acid groups (broad SMARTS) is 1. The van der Waals surface area contributed by atoms with Crippen LogP contribution in [-0.4, -0.2) is 33.8 Å². The van der Waals surface area contributed by atoms with Crippen molar-refractivity contribution in [3.8, 4) is 0 Å². The van der Waals surface area contributed by atoms with Crippen LogP contribution in [0.2, 0.25) is 0 Å². The molecule has 0 amide bonds. The molecule has 1 atom stereocenters. The van der Waals surface area contributed by atoms with Crippen molar-refractivity contribution in [2.75, 3.05) is 13.2 Å². The molecule has 0 aliphatic carbocycles. The molecule has 0 aliphatic rings. The number of aromatic nitrogens is 2. The quantitative estimate of drug-likeness (QED) is 0.819. The molecule has 1 unspecified atom stereocenters. The van der Waals surface area contributed by atoms with Crippen LogP contribution >= 0.6 is 0 Å². The lowest BCUT2D eigenvalue weighted by Gasteiger charge is -2.20. The van der Waals surface area contributed by atoms with Crippen molar-refractivity contribution in [3.05, 3.63) is 27.4 Å². The van der Waals surface area contributed by atoms with E-state index in [9.17, 15) is 9.59 Å². The predicted octanol–water partition coefficient (Wildman–Crippen LogP) is 1.47. The number of aryl methyl sites for hydroxylation is 1. The summed E-state index contributed by atoms with van der Waals surface area (Å²) in [5.74, 6) is -0.857. The second-order valence-corrected chi connectivity index (χ2v) is 4.82. The van der Waals surface area contributed by atoms with E-state index in [-0.39, 0.29) is 18.2 Å². The van der Waals surface area contributed by atoms with Crippen LogP contribution < -0.4 is 5.69 Å². The minimum atomic E-state index is -0.857. The van der Waals surface area contributed by atoms with Gasteiger partial charge in [0.15, 0.2) is 0 Å². The summed E-state index contributed by atoms with van der Waals surface area (Å²) >= 11 is 0. The van der Waals surface area contributed by atoms with Crippen molar-refractivity contribution in [1.82, 2.24) is 9.55 Å². The van der Waals surface area contributed by atoms with E-state index >= 15 is 0 Å². The molecule has 1 aromatic rings. The highest BCUT2D eigenvalue weighted by molar-refractivity contribution is 5.67. The third-order valence-electron chi connectivity index (χ3n) is 3.30. The van der Waals surface area contributed by atoms with E-state index in [1.54, 1.807) is 11.5 Å². The fourth-order valence-corrected chi connectivity index (χ4v) is 2.29. The average molecular weight is 282 g/mol. The van der Waals surface area contributed by atoms with Crippen LogP contribution in [0.25, 0.3) is 0 Å². The van der Waals surface area contributed by atoms with Gasteiger partial charge in [0, 0.05) is 24.4 Å². The average Bonchev–Trinajstić information content (AvgIpc) is 2.35. The van der Waals surface area contributed by atoms with Crippen molar-refractivity contribution in [2.24, 2.45) is 0 Å². The summed E-state index contributed by atoms with van der Waals surface area (Å²) in [4.78, 5) is 26.7. The maximum absolute atomic E-state index is 12.0. The summed E-state index contributed by atoms with van der Waals surface area (Å²) in [6.45, 7) is 8.37. The molecule has 0 bridgehead atoms. The molecule has 1 aromatic heterocycles. The zero-order chi connectivity index (χ0) is 15.3. The number of aliphatic carboxylic acids is 1. The summed E-state index contributed by atoms with van der Waals surface area (Å²) in [5, 5.41) is 8.80. The number of hydrogen-bond acceptors (Lipinski definition) is 4. The minimum absolute atomic E-state index is 0.0292. The number of ether oxygens (including phenoxy) is 1. The van der Waals surface area contributed by atoms with Crippen LogP contribution in [0.4, 0.5) is 0 Å². The molecule has 6 nitrogen and oxygen atoms in total. The predicted molar refractivity (Wildman–Crippen MR) is 75.1 cm³/mol. The molecule has 0 aliphatic heterocycles. The third-order valence-corrected chi connectivity index (χ3v) is 3.30. The minimum Gasteiger partial charge on any atom is -0.481 e. The topological polar surface area (TPSA) is 81.4 Å². The van der Waals surface area contributed by atoms with Gasteiger partial charge in [-0.1, -0.05) is 0 Å². The van der Waals surface area contributed by atoms with Gasteiger partial charge in [-0.05, 0) is 39.7 Å². The van der Waals surface area contributed by atoms with Crippen LogP contribution in [0.5, 0.6) is 0 Å². The molecule has 1 rings (SSSR count). The van der Waals surface area contributed by atoms with Crippen molar-refractivity contribution in [2.45, 2.75) is 46.6 Å². The van der Waals surface area contributed by atoms with Crippen molar-refractivity contribution in [3.63, 3.8) is 0 Å². The van der Waals surface area contributed by atoms with Crippen molar-refractivity contribution in [1.29, 1.82) is 0 Å². The van der Waals surface area contributed by atoms with Crippen molar-refractivity contribution < 1.29 is 14.6 Å². The van der Waals surface area contributed by atoms with Crippen LogP contribution in [0.1, 0.15) is 43.3 Å². The summed E-state index contributed by atoms with van der Waals surface area (Å²) in [7, 11) is 0. The van der Waals surface area contributed by atoms with E-state index in [4.69, 9.17) is 9.84 Å². The second kappa shape index (κ2) is 7.19. The Morgan fingerprint density at radius 2 is 2.10 bits per heavy atom. The summed E-state index contributed by atoms with van der Waals surface area (Å²) in [6, 6.07) is -0.126. The zero-order valence-electron chi connectivity index (χ0n) is 12.5. The largest absolute Gasteiger partial charge is 0.481 e. The van der Waals surface area contributed by atoms with Gasteiger partial charge in [0.2, 0.25) is 0 Å². The molecule has 0 radical (unpaired) electrons. The van der Waals surface area contributed by atoms with Gasteiger partial charge in [0.05, 0.1) is 12.6 Å². The molecule has 1 heterocycles. The maximum Gasteiger partial charge on any atom is 0.348 e. The summed E-state index contributed by atoms with van der Waals surface area (Å²) < 4.78 is 6.93. The molecule has 20 heavy (non-hydrogen) atoms. The molecule has 0 fully saturated rings. The highest BCUT2D eigenvalue weighted by Crippen LogP contribution is 2.15. The van der Waals surface area contributed by atoms with Crippen molar-refractivity contribution >= 4 is 5.97 Å². The summed E-state index contributed by atoms with van der Waals surface area (Å²) in [6.07, 6.45) is 0.406. The van der Waals surface area contributed by atoms with Crippen LogP contribution in [-0.2, 0) is 16.0 Å². The number of hydrogen-bond donors (Lipinski definition) is 1. The Bertz CT molecular complexity index is 537. The van der Waals surface area contributed by atoms with Crippen LogP contribution in [0, 0.1) is 13.8 Å². The normalized spacial score (nSPS) is 12.4. The first-order valence-electron chi connectivity index (χ1n) is 6.76. The maximum atomic E-state index is 12.0. The van der Waals surface area contributed by atoms with E-state index in [1.807, 2.05) is 20.8 Å². The molecular weight excluding hydrogens is 260 g/mol. The Morgan fingerprint density at radius 3 is 2.65 bits per heavy atom. The molecule has 6 heteroatoms. The van der Waals surface area contributed by atoms with E-state index in [0.29, 0.717) is 25.3 Å². The number of carbonyl (C=O) groups is 1. The molecule has 1 N–H and O–H groups in total.